The first kappa shape index (κ1) is 36.6. The molecule has 2 N–H and O–H groups in total. The fraction of sp³-hybridized carbons (Fsp3) is 0.143. The molecule has 2 unspecified atom stereocenters. The second-order valence-corrected chi connectivity index (χ2v) is 18.7. The van der Waals surface area contributed by atoms with Gasteiger partial charge in [0.2, 0.25) is 0 Å². The Morgan fingerprint density at radius 3 is 1.82 bits per heavy atom. The predicted octanol–water partition coefficient (Wildman–Crippen LogP) is 7.21. The minimum absolute atomic E-state index is 0. The van der Waals surface area contributed by atoms with Gasteiger partial charge in [-0.3, -0.25) is 0 Å². The number of benzene rings is 6. The van der Waals surface area contributed by atoms with E-state index in [1.54, 1.807) is 28.2 Å². The Morgan fingerprint density at radius 2 is 1.22 bits per heavy atom. The Bertz CT molecular complexity index is 2320. The molecule has 258 valence electrons. The second kappa shape index (κ2) is 15.2. The van der Waals surface area contributed by atoms with Gasteiger partial charge in [0.15, 0.2) is 0 Å². The highest BCUT2D eigenvalue weighted by molar-refractivity contribution is 7.90. The van der Waals surface area contributed by atoms with E-state index in [1.807, 2.05) is 92.7 Å². The lowest BCUT2D eigenvalue weighted by Gasteiger charge is -2.35. The third kappa shape index (κ3) is 7.04. The Morgan fingerprint density at radius 1 is 0.706 bits per heavy atom. The van der Waals surface area contributed by atoms with Crippen LogP contribution in [0.2, 0.25) is 0 Å². The SMILES string of the molecule is B.CC(C)(C(Cc1cccc2ccccc12)c1c(CP(c2ccccc2)c2ccccc2)n(S(=O)(=O)c2ccccc2)c2ccccc12)[S+](N)[O-]. The van der Waals surface area contributed by atoms with Gasteiger partial charge in [0.1, 0.15) is 4.75 Å². The summed E-state index contributed by atoms with van der Waals surface area (Å²) in [5.41, 5.74) is 3.25. The number of nitrogens with zero attached hydrogens (tertiary/aromatic N) is 1. The first-order chi connectivity index (χ1) is 24.2. The number of para-hydroxylation sites is 1. The molecule has 51 heavy (non-hydrogen) atoms. The normalized spacial score (nSPS) is 13.3. The third-order valence-electron chi connectivity index (χ3n) is 9.70. The molecule has 5 nitrogen and oxygen atoms in total. The third-order valence-corrected chi connectivity index (χ3v) is 15.3. The van der Waals surface area contributed by atoms with Gasteiger partial charge >= 0.3 is 0 Å². The fourth-order valence-electron chi connectivity index (χ4n) is 7.02. The van der Waals surface area contributed by atoms with Crippen LogP contribution in [-0.2, 0) is 34.0 Å². The Hall–Kier alpha value is -4.17. The molecule has 0 saturated heterocycles. The van der Waals surface area contributed by atoms with E-state index >= 15 is 0 Å². The molecule has 9 heteroatoms. The summed E-state index contributed by atoms with van der Waals surface area (Å²) < 4.78 is 44.2. The first-order valence-corrected chi connectivity index (χ1v) is 20.8. The van der Waals surface area contributed by atoms with Crippen LogP contribution >= 0.6 is 7.92 Å². The van der Waals surface area contributed by atoms with Crippen LogP contribution in [-0.4, -0.2) is 30.1 Å². The molecule has 0 bridgehead atoms. The van der Waals surface area contributed by atoms with E-state index in [0.717, 1.165) is 37.9 Å². The van der Waals surface area contributed by atoms with Crippen LogP contribution in [0.1, 0.15) is 36.6 Å². The van der Waals surface area contributed by atoms with Crippen LogP contribution < -0.4 is 15.7 Å². The summed E-state index contributed by atoms with van der Waals surface area (Å²) in [5.74, 6) is -0.408. The minimum Gasteiger partial charge on any atom is -0.598 e. The second-order valence-electron chi connectivity index (χ2n) is 13.0. The van der Waals surface area contributed by atoms with Crippen molar-refractivity contribution < 1.29 is 13.0 Å². The average molecular weight is 729 g/mol. The smallest absolute Gasteiger partial charge is 0.268 e. The first-order valence-electron chi connectivity index (χ1n) is 16.6. The maximum absolute atomic E-state index is 15.0. The molecule has 1 heterocycles. The van der Waals surface area contributed by atoms with Crippen LogP contribution in [0, 0.1) is 0 Å². The molecule has 0 aliphatic rings. The van der Waals surface area contributed by atoms with Crippen LogP contribution in [0.15, 0.2) is 163 Å². The van der Waals surface area contributed by atoms with Crippen molar-refractivity contribution >= 4 is 70.0 Å². The number of fused-ring (bicyclic) bond motifs is 2. The molecule has 1 aromatic heterocycles. The molecular weight excluding hydrogens is 686 g/mol. The minimum atomic E-state index is -4.07. The van der Waals surface area contributed by atoms with Crippen molar-refractivity contribution in [2.24, 2.45) is 5.14 Å². The van der Waals surface area contributed by atoms with Crippen molar-refractivity contribution in [3.8, 4) is 0 Å². The topological polar surface area (TPSA) is 88.2 Å². The molecule has 7 aromatic rings. The van der Waals surface area contributed by atoms with Gasteiger partial charge < -0.3 is 4.55 Å². The van der Waals surface area contributed by atoms with Gasteiger partial charge in [0.25, 0.3) is 10.0 Å². The van der Waals surface area contributed by atoms with Gasteiger partial charge in [-0.25, -0.2) is 12.4 Å². The van der Waals surface area contributed by atoms with Gasteiger partial charge in [-0.1, -0.05) is 140 Å². The summed E-state index contributed by atoms with van der Waals surface area (Å²) >= 11 is -1.75. The Kier molecular flexibility index (Phi) is 10.9. The fourth-order valence-corrected chi connectivity index (χ4v) is 11.5. The van der Waals surface area contributed by atoms with E-state index in [9.17, 15) is 13.0 Å². The summed E-state index contributed by atoms with van der Waals surface area (Å²) in [5, 5.41) is 11.7. The lowest BCUT2D eigenvalue weighted by Crippen LogP contribution is -2.44. The molecule has 0 saturated carbocycles. The lowest BCUT2D eigenvalue weighted by atomic mass is 9.80. The molecule has 0 fully saturated rings. The van der Waals surface area contributed by atoms with E-state index in [2.05, 4.69) is 54.6 Å². The summed E-state index contributed by atoms with van der Waals surface area (Å²) in [7, 11) is -5.14. The van der Waals surface area contributed by atoms with Crippen molar-refractivity contribution in [2.75, 3.05) is 0 Å². The molecule has 7 rings (SSSR count). The molecule has 0 aliphatic heterocycles. The van der Waals surface area contributed by atoms with Gasteiger partial charge in [-0.15, -0.1) is 0 Å². The molecule has 0 aliphatic carbocycles. The highest BCUT2D eigenvalue weighted by atomic mass is 32.2. The van der Waals surface area contributed by atoms with E-state index in [1.165, 1.54) is 0 Å². The Balaban J connectivity index is 0.00000448. The maximum atomic E-state index is 15.0. The summed E-state index contributed by atoms with van der Waals surface area (Å²) in [6, 6.07) is 51.6. The van der Waals surface area contributed by atoms with E-state index < -0.39 is 40.0 Å². The zero-order valence-electron chi connectivity index (χ0n) is 28.0. The standard InChI is InChI=1S/C42H39N2O3PS2.BH3/c1-42(2,49(43)45)38(29-32-19-16-18-31-17-12-13-26-36(31)32)41-37-27-14-15-28-39(37)44(50(46,47)35-24-10-5-11-25-35)40(41)30-48(33-20-6-3-7-21-33)34-22-8-4-9-23-34;/h3-28,38H,29-30,43H2,1-2H3;1H3. The molecule has 6 aromatic carbocycles. The molecule has 0 spiro atoms. The van der Waals surface area contributed by atoms with E-state index in [4.69, 9.17) is 5.14 Å². The zero-order valence-corrected chi connectivity index (χ0v) is 30.5. The highest BCUT2D eigenvalue weighted by Crippen LogP contribution is 2.48. The summed E-state index contributed by atoms with van der Waals surface area (Å²) in [6.45, 7) is 3.88. The number of aromatic nitrogens is 1. The number of nitrogens with two attached hydrogens (primary N) is 1. The number of hydrogen-bond donors (Lipinski definition) is 1. The van der Waals surface area contributed by atoms with Crippen molar-refractivity contribution in [1.82, 2.24) is 3.97 Å². The van der Waals surface area contributed by atoms with Gasteiger partial charge in [-0.2, -0.15) is 5.14 Å². The van der Waals surface area contributed by atoms with E-state index in [0.29, 0.717) is 23.8 Å². The molecule has 2 atom stereocenters. The van der Waals surface area contributed by atoms with E-state index in [-0.39, 0.29) is 13.3 Å². The Labute approximate surface area is 307 Å². The summed E-state index contributed by atoms with van der Waals surface area (Å²) in [4.78, 5) is 0.213. The van der Waals surface area contributed by atoms with Crippen LogP contribution in [0.25, 0.3) is 21.7 Å². The highest BCUT2D eigenvalue weighted by Gasteiger charge is 2.45. The van der Waals surface area contributed by atoms with Crippen molar-refractivity contribution in [2.45, 2.75) is 42.0 Å². The summed E-state index contributed by atoms with van der Waals surface area (Å²) in [6.07, 6.45) is 0.955. The monoisotopic (exact) mass is 728 g/mol. The lowest BCUT2D eigenvalue weighted by molar-refractivity contribution is 0.482. The molecule has 0 amide bonds. The van der Waals surface area contributed by atoms with Crippen molar-refractivity contribution in [3.63, 3.8) is 0 Å². The number of hydrogen-bond acceptors (Lipinski definition) is 4. The molecule has 0 radical (unpaired) electrons. The van der Waals surface area contributed by atoms with Crippen molar-refractivity contribution in [3.05, 3.63) is 175 Å². The van der Waals surface area contributed by atoms with Crippen LogP contribution in [0.5, 0.6) is 0 Å². The van der Waals surface area contributed by atoms with Crippen molar-refractivity contribution in [1.29, 1.82) is 0 Å². The largest absolute Gasteiger partial charge is 0.598 e. The van der Waals surface area contributed by atoms with Crippen LogP contribution in [0.4, 0.5) is 0 Å². The van der Waals surface area contributed by atoms with Gasteiger partial charge in [-0.05, 0) is 78.9 Å². The van der Waals surface area contributed by atoms with Gasteiger partial charge in [0.05, 0.1) is 18.8 Å². The van der Waals surface area contributed by atoms with Crippen LogP contribution in [0.3, 0.4) is 0 Å². The zero-order chi connectivity index (χ0) is 34.9. The molecular formula is C42H42BN2O3PS2. The average Bonchev–Trinajstić information content (AvgIpc) is 3.47. The number of rotatable bonds is 11. The van der Waals surface area contributed by atoms with Gasteiger partial charge in [0, 0.05) is 34.5 Å². The predicted molar refractivity (Wildman–Crippen MR) is 220 cm³/mol. The maximum Gasteiger partial charge on any atom is 0.268 e. The quantitative estimate of drug-likeness (QED) is 0.0867.